The van der Waals surface area contributed by atoms with E-state index in [2.05, 4.69) is 31.0 Å². The average molecular weight is 277 g/mol. The van der Waals surface area contributed by atoms with Crippen molar-refractivity contribution >= 4 is 11.4 Å². The summed E-state index contributed by atoms with van der Waals surface area (Å²) in [5, 5.41) is 15.1. The van der Waals surface area contributed by atoms with Gasteiger partial charge in [0.05, 0.1) is 10.6 Å². The lowest BCUT2D eigenvalue weighted by atomic mass is 9.93. The number of para-hydroxylation sites is 2. The van der Waals surface area contributed by atoms with Gasteiger partial charge in [-0.3, -0.25) is 10.1 Å². The first-order chi connectivity index (χ1) is 9.49. The van der Waals surface area contributed by atoms with Crippen LogP contribution in [0, 0.1) is 16.0 Å². The zero-order valence-corrected chi connectivity index (χ0v) is 11.9. The zero-order chi connectivity index (χ0) is 14.7. The lowest BCUT2D eigenvalue weighted by Gasteiger charge is -2.34. The van der Waals surface area contributed by atoms with Crippen molar-refractivity contribution in [3.8, 4) is 5.75 Å². The van der Waals surface area contributed by atoms with Crippen LogP contribution >= 0.6 is 0 Å². The molecule has 2 rings (SSSR count). The van der Waals surface area contributed by atoms with Gasteiger partial charge < -0.3 is 9.74 Å². The first-order valence-electron chi connectivity index (χ1n) is 6.66. The van der Waals surface area contributed by atoms with Gasteiger partial charge in [-0.25, -0.2) is 0 Å². The molecule has 1 aromatic carbocycles. The second-order valence-corrected chi connectivity index (χ2v) is 5.29. The van der Waals surface area contributed by atoms with E-state index in [1.165, 1.54) is 6.07 Å². The second-order valence-electron chi connectivity index (χ2n) is 5.29. The summed E-state index contributed by atoms with van der Waals surface area (Å²) in [6.45, 7) is 5.14. The lowest BCUT2D eigenvalue weighted by molar-refractivity contribution is -0.385. The molecule has 108 valence electrons. The Morgan fingerprint density at radius 3 is 2.80 bits per heavy atom. The Hall–Kier alpha value is -1.95. The van der Waals surface area contributed by atoms with Gasteiger partial charge in [-0.1, -0.05) is 24.2 Å². The highest BCUT2D eigenvalue weighted by Crippen LogP contribution is 2.27. The minimum atomic E-state index is -0.462. The molecule has 0 spiro atoms. The van der Waals surface area contributed by atoms with Gasteiger partial charge in [0.2, 0.25) is 5.75 Å². The number of oxime groups is 1. The summed E-state index contributed by atoms with van der Waals surface area (Å²) >= 11 is 0. The van der Waals surface area contributed by atoms with E-state index < -0.39 is 4.92 Å². The number of hydrogen-bond donors (Lipinski definition) is 0. The van der Waals surface area contributed by atoms with Crippen molar-refractivity contribution in [1.82, 2.24) is 4.90 Å². The molecule has 0 N–H and O–H groups in total. The summed E-state index contributed by atoms with van der Waals surface area (Å²) in [5.41, 5.74) is 0.888. The van der Waals surface area contributed by atoms with Crippen LogP contribution in [0.15, 0.2) is 29.4 Å². The Kier molecular flexibility index (Phi) is 4.34. The monoisotopic (exact) mass is 277 g/mol. The van der Waals surface area contributed by atoms with E-state index in [1.54, 1.807) is 18.2 Å². The molecular formula is C14H19N3O3. The number of piperidine rings is 1. The molecule has 6 nitrogen and oxygen atoms in total. The molecule has 0 aliphatic carbocycles. The standard InChI is InChI=1S/C14H19N3O3/c1-10-9-16(3)11(2)8-12(10)15-20-14-7-5-4-6-13(14)17(18)19/h4-7,10-11H,8-9H2,1-3H3/b15-12-/t10-,11-/m0/s1. The Labute approximate surface area is 118 Å². The fourth-order valence-electron chi connectivity index (χ4n) is 2.30. The quantitative estimate of drug-likeness (QED) is 0.629. The van der Waals surface area contributed by atoms with E-state index in [0.717, 1.165) is 18.7 Å². The van der Waals surface area contributed by atoms with Crippen LogP contribution in [-0.4, -0.2) is 35.2 Å². The van der Waals surface area contributed by atoms with E-state index in [0.29, 0.717) is 12.0 Å². The molecule has 0 bridgehead atoms. The van der Waals surface area contributed by atoms with Gasteiger partial charge in [0.25, 0.3) is 0 Å². The molecule has 1 heterocycles. The summed E-state index contributed by atoms with van der Waals surface area (Å²) < 4.78 is 0. The summed E-state index contributed by atoms with van der Waals surface area (Å²) in [6, 6.07) is 6.68. The molecular weight excluding hydrogens is 258 g/mol. The SMILES string of the molecule is C[C@H]1CN(C)[C@@H](C)C/C1=N/Oc1ccccc1[N+](=O)[O-]. The van der Waals surface area contributed by atoms with Crippen LogP contribution in [0.1, 0.15) is 20.3 Å². The van der Waals surface area contributed by atoms with E-state index in [1.807, 2.05) is 0 Å². The van der Waals surface area contributed by atoms with Gasteiger partial charge in [-0.05, 0) is 20.0 Å². The first kappa shape index (κ1) is 14.5. The van der Waals surface area contributed by atoms with Gasteiger partial charge in [-0.15, -0.1) is 0 Å². The highest BCUT2D eigenvalue weighted by atomic mass is 16.6. The van der Waals surface area contributed by atoms with Crippen LogP contribution in [-0.2, 0) is 0 Å². The third-order valence-electron chi connectivity index (χ3n) is 3.71. The Bertz CT molecular complexity index is 530. The molecule has 1 fully saturated rings. The Morgan fingerprint density at radius 2 is 2.10 bits per heavy atom. The maximum absolute atomic E-state index is 10.9. The molecule has 6 heteroatoms. The van der Waals surface area contributed by atoms with E-state index in [4.69, 9.17) is 4.84 Å². The molecule has 0 aromatic heterocycles. The van der Waals surface area contributed by atoms with Crippen molar-refractivity contribution in [2.24, 2.45) is 11.1 Å². The molecule has 2 atom stereocenters. The smallest absolute Gasteiger partial charge is 0.314 e. The van der Waals surface area contributed by atoms with E-state index in [-0.39, 0.29) is 11.4 Å². The van der Waals surface area contributed by atoms with Crippen molar-refractivity contribution < 1.29 is 9.76 Å². The number of benzene rings is 1. The topological polar surface area (TPSA) is 68.0 Å². The maximum Gasteiger partial charge on any atom is 0.314 e. The Morgan fingerprint density at radius 1 is 1.40 bits per heavy atom. The van der Waals surface area contributed by atoms with Crippen molar-refractivity contribution in [3.05, 3.63) is 34.4 Å². The summed E-state index contributed by atoms with van der Waals surface area (Å²) in [6.07, 6.45) is 0.818. The van der Waals surface area contributed by atoms with Crippen LogP contribution in [0.4, 0.5) is 5.69 Å². The third kappa shape index (κ3) is 3.14. The number of nitro benzene ring substituents is 1. The molecule has 1 aromatic rings. The molecule has 0 unspecified atom stereocenters. The van der Waals surface area contributed by atoms with Crippen LogP contribution in [0.5, 0.6) is 5.75 Å². The van der Waals surface area contributed by atoms with E-state index in [9.17, 15) is 10.1 Å². The van der Waals surface area contributed by atoms with Gasteiger partial charge >= 0.3 is 5.69 Å². The maximum atomic E-state index is 10.9. The molecule has 1 aliphatic heterocycles. The number of rotatable bonds is 3. The van der Waals surface area contributed by atoms with Crippen LogP contribution < -0.4 is 4.84 Å². The fraction of sp³-hybridized carbons (Fsp3) is 0.500. The predicted octanol–water partition coefficient (Wildman–Crippen LogP) is 2.69. The van der Waals surface area contributed by atoms with Crippen molar-refractivity contribution in [2.75, 3.05) is 13.6 Å². The van der Waals surface area contributed by atoms with Crippen LogP contribution in [0.25, 0.3) is 0 Å². The average Bonchev–Trinajstić information content (AvgIpc) is 2.41. The number of nitro groups is 1. The molecule has 0 amide bonds. The molecule has 20 heavy (non-hydrogen) atoms. The first-order valence-corrected chi connectivity index (χ1v) is 6.66. The summed E-state index contributed by atoms with van der Waals surface area (Å²) in [4.78, 5) is 18.0. The van der Waals surface area contributed by atoms with E-state index >= 15 is 0 Å². The van der Waals surface area contributed by atoms with Crippen LogP contribution in [0.2, 0.25) is 0 Å². The predicted molar refractivity (Wildman–Crippen MR) is 77.0 cm³/mol. The van der Waals surface area contributed by atoms with Gasteiger partial charge in [0.1, 0.15) is 0 Å². The highest BCUT2D eigenvalue weighted by molar-refractivity contribution is 5.87. The summed E-state index contributed by atoms with van der Waals surface area (Å²) in [5.74, 6) is 0.475. The third-order valence-corrected chi connectivity index (χ3v) is 3.71. The fourth-order valence-corrected chi connectivity index (χ4v) is 2.30. The van der Waals surface area contributed by atoms with Gasteiger partial charge in [0.15, 0.2) is 0 Å². The normalized spacial score (nSPS) is 25.6. The number of hydrogen-bond acceptors (Lipinski definition) is 5. The van der Waals surface area contributed by atoms with Gasteiger partial charge in [-0.2, -0.15) is 0 Å². The minimum absolute atomic E-state index is 0.0644. The summed E-state index contributed by atoms with van der Waals surface area (Å²) in [7, 11) is 2.08. The highest BCUT2D eigenvalue weighted by Gasteiger charge is 2.26. The lowest BCUT2D eigenvalue weighted by Crippen LogP contribution is -2.43. The largest absolute Gasteiger partial charge is 0.350 e. The van der Waals surface area contributed by atoms with Gasteiger partial charge in [0, 0.05) is 31.0 Å². The van der Waals surface area contributed by atoms with Crippen LogP contribution in [0.3, 0.4) is 0 Å². The second kappa shape index (κ2) is 6.00. The van der Waals surface area contributed by atoms with Crippen molar-refractivity contribution in [3.63, 3.8) is 0 Å². The molecule has 1 aliphatic rings. The zero-order valence-electron chi connectivity index (χ0n) is 11.9. The molecule has 0 radical (unpaired) electrons. The molecule has 1 saturated heterocycles. The Balaban J connectivity index is 2.15. The minimum Gasteiger partial charge on any atom is -0.350 e. The number of likely N-dealkylation sites (tertiary alicyclic amines) is 1. The van der Waals surface area contributed by atoms with Crippen molar-refractivity contribution in [1.29, 1.82) is 0 Å². The molecule has 0 saturated carbocycles. The van der Waals surface area contributed by atoms with Crippen molar-refractivity contribution in [2.45, 2.75) is 26.3 Å². The number of nitrogens with zero attached hydrogens (tertiary/aromatic N) is 3.